The number of allylic oxidation sites excluding steroid dienone is 1. The summed E-state index contributed by atoms with van der Waals surface area (Å²) in [7, 11) is 1.92. The first-order valence-electron chi connectivity index (χ1n) is 10.6. The third-order valence-corrected chi connectivity index (χ3v) is 6.00. The molecule has 0 bridgehead atoms. The largest absolute Gasteiger partial charge is 0.507 e. The van der Waals surface area contributed by atoms with Crippen molar-refractivity contribution in [1.82, 2.24) is 20.5 Å². The van der Waals surface area contributed by atoms with Crippen molar-refractivity contribution in [3.05, 3.63) is 64.5 Å². The minimum Gasteiger partial charge on any atom is -0.507 e. The van der Waals surface area contributed by atoms with Crippen LogP contribution in [0.4, 0.5) is 0 Å². The molecule has 1 aromatic heterocycles. The average Bonchev–Trinajstić information content (AvgIpc) is 3.34. The van der Waals surface area contributed by atoms with E-state index < -0.39 is 0 Å². The van der Waals surface area contributed by atoms with Crippen LogP contribution in [0.3, 0.4) is 0 Å². The van der Waals surface area contributed by atoms with E-state index in [9.17, 15) is 9.90 Å². The van der Waals surface area contributed by atoms with Crippen molar-refractivity contribution in [3.63, 3.8) is 0 Å². The number of nitrogens with one attached hydrogen (secondary N) is 3. The molecule has 31 heavy (non-hydrogen) atoms. The van der Waals surface area contributed by atoms with Crippen LogP contribution in [0.25, 0.3) is 17.0 Å². The van der Waals surface area contributed by atoms with E-state index in [0.29, 0.717) is 23.4 Å². The summed E-state index contributed by atoms with van der Waals surface area (Å²) in [5, 5.41) is 18.0. The summed E-state index contributed by atoms with van der Waals surface area (Å²) in [6.45, 7) is 4.92. The maximum Gasteiger partial charge on any atom is 0.231 e. The molecule has 5 rings (SSSR count). The van der Waals surface area contributed by atoms with E-state index in [0.717, 1.165) is 54.8 Å². The number of para-hydroxylation sites is 1. The van der Waals surface area contributed by atoms with Gasteiger partial charge in [-0.1, -0.05) is 18.2 Å². The number of carbonyl (C=O) groups excluding carboxylic acids is 1. The molecule has 4 N–H and O–H groups in total. The second-order valence-electron chi connectivity index (χ2n) is 8.02. The lowest BCUT2D eigenvalue weighted by Crippen LogP contribution is -2.42. The number of phenolic OH excluding ortho intramolecular Hbond substituents is 1. The number of ether oxygens (including phenoxy) is 1. The summed E-state index contributed by atoms with van der Waals surface area (Å²) in [5.41, 5.74) is 4.28. The molecular weight excluding hydrogens is 392 g/mol. The number of hydrogen-bond acceptors (Lipinski definition) is 6. The maximum atomic E-state index is 13.1. The van der Waals surface area contributed by atoms with Crippen molar-refractivity contribution in [2.75, 3.05) is 33.2 Å². The van der Waals surface area contributed by atoms with Gasteiger partial charge in [-0.3, -0.25) is 9.69 Å². The van der Waals surface area contributed by atoms with Crippen LogP contribution in [0.5, 0.6) is 11.5 Å². The topological polar surface area (TPSA) is 89.6 Å². The molecule has 7 heteroatoms. The van der Waals surface area contributed by atoms with E-state index in [4.69, 9.17) is 4.74 Å². The minimum atomic E-state index is -0.155. The molecule has 0 aliphatic carbocycles. The third kappa shape index (κ3) is 3.61. The molecule has 1 fully saturated rings. The Bertz CT molecular complexity index is 1180. The van der Waals surface area contributed by atoms with Crippen molar-refractivity contribution in [3.8, 4) is 11.5 Å². The molecule has 0 atom stereocenters. The molecule has 3 heterocycles. The number of benzene rings is 2. The first kappa shape index (κ1) is 19.8. The zero-order chi connectivity index (χ0) is 21.4. The number of aromatic amines is 1. The smallest absolute Gasteiger partial charge is 0.231 e. The number of piperazine rings is 1. The summed E-state index contributed by atoms with van der Waals surface area (Å²) in [5.74, 6) is 0.764. The van der Waals surface area contributed by atoms with Crippen molar-refractivity contribution < 1.29 is 14.6 Å². The Morgan fingerprint density at radius 1 is 1.23 bits per heavy atom. The van der Waals surface area contributed by atoms with Gasteiger partial charge in [-0.2, -0.15) is 0 Å². The van der Waals surface area contributed by atoms with E-state index in [1.807, 2.05) is 25.4 Å². The molecule has 160 valence electrons. The van der Waals surface area contributed by atoms with E-state index in [2.05, 4.69) is 26.6 Å². The van der Waals surface area contributed by atoms with Gasteiger partial charge in [0.1, 0.15) is 11.5 Å². The van der Waals surface area contributed by atoms with Gasteiger partial charge in [0.05, 0.1) is 16.6 Å². The van der Waals surface area contributed by atoms with Crippen LogP contribution in [-0.2, 0) is 13.1 Å². The SMILES string of the molecule is CNCc1cccc2c(C=C3Oc4c(ccc(O)c4CN4CCNCC4)C3=O)c[nH]c12. The summed E-state index contributed by atoms with van der Waals surface area (Å²) < 4.78 is 6.06. The maximum absolute atomic E-state index is 13.1. The average molecular weight is 418 g/mol. The molecule has 1 saturated heterocycles. The lowest BCUT2D eigenvalue weighted by molar-refractivity contribution is 0.101. The lowest BCUT2D eigenvalue weighted by atomic mass is 10.0. The van der Waals surface area contributed by atoms with Crippen LogP contribution in [-0.4, -0.2) is 54.0 Å². The molecule has 0 saturated carbocycles. The van der Waals surface area contributed by atoms with Crippen molar-refractivity contribution in [1.29, 1.82) is 0 Å². The fourth-order valence-corrected chi connectivity index (χ4v) is 4.38. The fourth-order valence-electron chi connectivity index (χ4n) is 4.38. The summed E-state index contributed by atoms with van der Waals surface area (Å²) in [6.07, 6.45) is 3.69. The Hall–Kier alpha value is -3.13. The standard InChI is InChI=1S/C24H26N4O3/c1-25-12-15-3-2-4-17-16(13-27-22(15)17)11-21-23(30)18-5-6-20(29)19(24(18)31-21)14-28-9-7-26-8-10-28/h2-6,11,13,25-27,29H,7-10,12,14H2,1H3. The first-order chi connectivity index (χ1) is 15.2. The van der Waals surface area contributed by atoms with Gasteiger partial charge >= 0.3 is 0 Å². The predicted octanol–water partition coefficient (Wildman–Crippen LogP) is 2.61. The number of ketones is 1. The Kier molecular flexibility index (Phi) is 5.23. The van der Waals surface area contributed by atoms with Crippen molar-refractivity contribution >= 4 is 22.8 Å². The monoisotopic (exact) mass is 418 g/mol. The van der Waals surface area contributed by atoms with E-state index in [1.165, 1.54) is 0 Å². The van der Waals surface area contributed by atoms with Gasteiger partial charge in [-0.05, 0) is 30.8 Å². The highest BCUT2D eigenvalue weighted by Crippen LogP contribution is 2.40. The van der Waals surface area contributed by atoms with Gasteiger partial charge in [-0.25, -0.2) is 0 Å². The number of carbonyl (C=O) groups is 1. The molecule has 2 aliphatic rings. The zero-order valence-electron chi connectivity index (χ0n) is 17.5. The molecule has 0 spiro atoms. The van der Waals surface area contributed by atoms with Crippen LogP contribution >= 0.6 is 0 Å². The highest BCUT2D eigenvalue weighted by Gasteiger charge is 2.32. The van der Waals surface area contributed by atoms with Crippen LogP contribution in [0, 0.1) is 0 Å². The first-order valence-corrected chi connectivity index (χ1v) is 10.6. The number of hydrogen-bond donors (Lipinski definition) is 4. The minimum absolute atomic E-state index is 0.155. The Morgan fingerprint density at radius 2 is 2.06 bits per heavy atom. The Morgan fingerprint density at radius 3 is 2.87 bits per heavy atom. The number of Topliss-reactive ketones (excluding diaryl/α,β-unsaturated/α-hetero) is 1. The third-order valence-electron chi connectivity index (χ3n) is 6.00. The number of H-pyrrole nitrogens is 1. The molecule has 2 aromatic carbocycles. The molecule has 0 radical (unpaired) electrons. The van der Waals surface area contributed by atoms with Gasteiger partial charge in [0.15, 0.2) is 5.76 Å². The number of aromatic nitrogens is 1. The molecule has 7 nitrogen and oxygen atoms in total. The second kappa shape index (κ2) is 8.19. The predicted molar refractivity (Wildman–Crippen MR) is 120 cm³/mol. The Labute approximate surface area is 180 Å². The van der Waals surface area contributed by atoms with Gasteiger partial charge in [0.2, 0.25) is 5.78 Å². The second-order valence-corrected chi connectivity index (χ2v) is 8.02. The number of nitrogens with zero attached hydrogens (tertiary/aromatic N) is 1. The van der Waals surface area contributed by atoms with Gasteiger partial charge in [0, 0.05) is 56.4 Å². The number of phenols is 1. The van der Waals surface area contributed by atoms with Crippen molar-refractivity contribution in [2.45, 2.75) is 13.1 Å². The number of aromatic hydroxyl groups is 1. The van der Waals surface area contributed by atoms with Gasteiger partial charge < -0.3 is 25.5 Å². The normalized spacial score (nSPS) is 18.0. The van der Waals surface area contributed by atoms with E-state index >= 15 is 0 Å². The fraction of sp³-hybridized carbons (Fsp3) is 0.292. The molecular formula is C24H26N4O3. The molecule has 0 amide bonds. The van der Waals surface area contributed by atoms with Gasteiger partial charge in [-0.15, -0.1) is 0 Å². The highest BCUT2D eigenvalue weighted by molar-refractivity contribution is 6.15. The van der Waals surface area contributed by atoms with E-state index in [1.54, 1.807) is 18.2 Å². The number of rotatable bonds is 5. The summed E-state index contributed by atoms with van der Waals surface area (Å²) in [4.78, 5) is 18.6. The highest BCUT2D eigenvalue weighted by atomic mass is 16.5. The van der Waals surface area contributed by atoms with Crippen LogP contribution in [0.2, 0.25) is 0 Å². The van der Waals surface area contributed by atoms with Crippen LogP contribution in [0.15, 0.2) is 42.3 Å². The molecule has 0 unspecified atom stereocenters. The number of fused-ring (bicyclic) bond motifs is 2. The summed E-state index contributed by atoms with van der Waals surface area (Å²) >= 11 is 0. The van der Waals surface area contributed by atoms with Crippen LogP contribution in [0.1, 0.15) is 27.0 Å². The summed E-state index contributed by atoms with van der Waals surface area (Å²) in [6, 6.07) is 9.36. The molecule has 2 aliphatic heterocycles. The lowest BCUT2D eigenvalue weighted by Gasteiger charge is -2.27. The Balaban J connectivity index is 1.49. The van der Waals surface area contributed by atoms with Crippen molar-refractivity contribution in [2.24, 2.45) is 0 Å². The van der Waals surface area contributed by atoms with Crippen LogP contribution < -0.4 is 15.4 Å². The zero-order valence-corrected chi connectivity index (χ0v) is 17.5. The van der Waals surface area contributed by atoms with Gasteiger partial charge in [0.25, 0.3) is 0 Å². The van der Waals surface area contributed by atoms with E-state index in [-0.39, 0.29) is 17.3 Å². The molecule has 3 aromatic rings. The quantitative estimate of drug-likeness (QED) is 0.477.